The molecule has 134 valence electrons. The lowest BCUT2D eigenvalue weighted by molar-refractivity contribution is 0.0682. The number of carbonyl (C=O) groups is 1. The number of nitrogens with zero attached hydrogens (tertiary/aromatic N) is 1. The summed E-state index contributed by atoms with van der Waals surface area (Å²) < 4.78 is 11.5. The molecule has 3 rings (SSSR count). The van der Waals surface area contributed by atoms with E-state index in [0.717, 1.165) is 30.2 Å². The Morgan fingerprint density at radius 3 is 2.92 bits per heavy atom. The molecule has 2 aromatic rings. The third kappa shape index (κ3) is 4.38. The molecule has 6 heteroatoms. The zero-order valence-electron chi connectivity index (χ0n) is 14.9. The van der Waals surface area contributed by atoms with Gasteiger partial charge in [-0.2, -0.15) is 0 Å². The van der Waals surface area contributed by atoms with E-state index in [-0.39, 0.29) is 12.0 Å². The number of benzene rings is 1. The molecule has 1 aliphatic heterocycles. The van der Waals surface area contributed by atoms with Gasteiger partial charge in [0.2, 0.25) is 0 Å². The molecule has 0 bridgehead atoms. The summed E-state index contributed by atoms with van der Waals surface area (Å²) in [6, 6.07) is 7.50. The summed E-state index contributed by atoms with van der Waals surface area (Å²) in [5.41, 5.74) is 1.44. The third-order valence-corrected chi connectivity index (χ3v) is 5.55. The first kappa shape index (κ1) is 17.9. The van der Waals surface area contributed by atoms with Gasteiger partial charge in [0.15, 0.2) is 0 Å². The standard InChI is InChI=1S/C19H24N2O3S/c1-12(2)19-20-13(3)17(25-19)18(22)21-15-8-4-5-9-16(15)24-11-14-7-6-10-23-14/h4-5,8-9,12,14H,6-7,10-11H2,1-3H3,(H,21,22). The fraction of sp³-hybridized carbons (Fsp3) is 0.474. The first-order valence-electron chi connectivity index (χ1n) is 8.66. The lowest BCUT2D eigenvalue weighted by atomic mass is 10.2. The zero-order valence-corrected chi connectivity index (χ0v) is 15.7. The fourth-order valence-corrected chi connectivity index (χ4v) is 3.67. The normalized spacial score (nSPS) is 17.0. The molecular weight excluding hydrogens is 336 g/mol. The van der Waals surface area contributed by atoms with Gasteiger partial charge in [0.05, 0.1) is 22.5 Å². The van der Waals surface area contributed by atoms with Crippen molar-refractivity contribution in [2.75, 3.05) is 18.5 Å². The molecule has 1 fully saturated rings. The van der Waals surface area contributed by atoms with Gasteiger partial charge in [-0.3, -0.25) is 4.79 Å². The Balaban J connectivity index is 1.70. The van der Waals surface area contributed by atoms with Gasteiger partial charge in [0, 0.05) is 12.5 Å². The van der Waals surface area contributed by atoms with Crippen molar-refractivity contribution in [2.45, 2.75) is 45.6 Å². The Morgan fingerprint density at radius 2 is 2.24 bits per heavy atom. The van der Waals surface area contributed by atoms with Gasteiger partial charge in [0.25, 0.3) is 5.91 Å². The van der Waals surface area contributed by atoms with E-state index in [9.17, 15) is 4.79 Å². The predicted molar refractivity (Wildman–Crippen MR) is 99.8 cm³/mol. The summed E-state index contributed by atoms with van der Waals surface area (Å²) in [5, 5.41) is 3.94. The maximum absolute atomic E-state index is 12.7. The van der Waals surface area contributed by atoms with E-state index < -0.39 is 0 Å². The van der Waals surface area contributed by atoms with E-state index in [4.69, 9.17) is 9.47 Å². The van der Waals surface area contributed by atoms with Crippen molar-refractivity contribution < 1.29 is 14.3 Å². The average Bonchev–Trinajstić information content (AvgIpc) is 3.23. The van der Waals surface area contributed by atoms with Crippen molar-refractivity contribution in [2.24, 2.45) is 0 Å². The van der Waals surface area contributed by atoms with Crippen LogP contribution in [0.3, 0.4) is 0 Å². The number of thiazole rings is 1. The molecule has 25 heavy (non-hydrogen) atoms. The molecular formula is C19H24N2O3S. The highest BCUT2D eigenvalue weighted by molar-refractivity contribution is 7.14. The van der Waals surface area contributed by atoms with Crippen molar-refractivity contribution in [3.05, 3.63) is 39.8 Å². The molecule has 0 saturated carbocycles. The number of anilines is 1. The van der Waals surface area contributed by atoms with Gasteiger partial charge in [-0.25, -0.2) is 4.98 Å². The number of rotatable bonds is 6. The first-order chi connectivity index (χ1) is 12.0. The van der Waals surface area contributed by atoms with E-state index in [1.54, 1.807) is 0 Å². The number of nitrogens with one attached hydrogen (secondary N) is 1. The number of ether oxygens (including phenoxy) is 2. The third-order valence-electron chi connectivity index (χ3n) is 4.10. The summed E-state index contributed by atoms with van der Waals surface area (Å²) in [7, 11) is 0. The maximum atomic E-state index is 12.7. The van der Waals surface area contributed by atoms with Crippen LogP contribution in [0.25, 0.3) is 0 Å². The van der Waals surface area contributed by atoms with Gasteiger partial charge in [-0.1, -0.05) is 26.0 Å². The van der Waals surface area contributed by atoms with Crippen LogP contribution >= 0.6 is 11.3 Å². The van der Waals surface area contributed by atoms with Crippen LogP contribution in [0.4, 0.5) is 5.69 Å². The quantitative estimate of drug-likeness (QED) is 0.830. The van der Waals surface area contributed by atoms with Gasteiger partial charge in [-0.05, 0) is 31.9 Å². The number of carbonyl (C=O) groups excluding carboxylic acids is 1. The molecule has 2 heterocycles. The number of aryl methyl sites for hydroxylation is 1. The maximum Gasteiger partial charge on any atom is 0.267 e. The van der Waals surface area contributed by atoms with Crippen LogP contribution in [0.5, 0.6) is 5.75 Å². The summed E-state index contributed by atoms with van der Waals surface area (Å²) in [6.45, 7) is 7.33. The molecule has 5 nitrogen and oxygen atoms in total. The van der Waals surface area contributed by atoms with Crippen molar-refractivity contribution >= 4 is 22.9 Å². The average molecular weight is 360 g/mol. The van der Waals surface area contributed by atoms with E-state index in [0.29, 0.717) is 28.8 Å². The van der Waals surface area contributed by atoms with Gasteiger partial charge < -0.3 is 14.8 Å². The Morgan fingerprint density at radius 1 is 1.44 bits per heavy atom. The highest BCUT2D eigenvalue weighted by Crippen LogP contribution is 2.28. The largest absolute Gasteiger partial charge is 0.489 e. The molecule has 0 spiro atoms. The first-order valence-corrected chi connectivity index (χ1v) is 9.48. The number of hydrogen-bond acceptors (Lipinski definition) is 5. The van der Waals surface area contributed by atoms with E-state index in [1.165, 1.54) is 11.3 Å². The minimum Gasteiger partial charge on any atom is -0.489 e. The summed E-state index contributed by atoms with van der Waals surface area (Å²) in [5.74, 6) is 0.833. The van der Waals surface area contributed by atoms with E-state index in [2.05, 4.69) is 24.1 Å². The lowest BCUT2D eigenvalue weighted by Gasteiger charge is -2.15. The van der Waals surface area contributed by atoms with Gasteiger partial charge in [0.1, 0.15) is 17.2 Å². The van der Waals surface area contributed by atoms with E-state index in [1.807, 2.05) is 31.2 Å². The highest BCUT2D eigenvalue weighted by Gasteiger charge is 2.19. The van der Waals surface area contributed by atoms with Crippen LogP contribution in [0, 0.1) is 6.92 Å². The second-order valence-electron chi connectivity index (χ2n) is 6.52. The second-order valence-corrected chi connectivity index (χ2v) is 7.55. The number of hydrogen-bond donors (Lipinski definition) is 1. The van der Waals surface area contributed by atoms with E-state index >= 15 is 0 Å². The minimum absolute atomic E-state index is 0.140. The number of aromatic nitrogens is 1. The molecule has 1 saturated heterocycles. The van der Waals surface area contributed by atoms with Gasteiger partial charge in [-0.15, -0.1) is 11.3 Å². The van der Waals surface area contributed by atoms with Crippen LogP contribution < -0.4 is 10.1 Å². The highest BCUT2D eigenvalue weighted by atomic mass is 32.1. The smallest absolute Gasteiger partial charge is 0.267 e. The minimum atomic E-state index is -0.143. The van der Waals surface area contributed by atoms with Crippen LogP contribution in [0.1, 0.15) is 53.0 Å². The molecule has 0 aliphatic carbocycles. The number of amides is 1. The van der Waals surface area contributed by atoms with Crippen molar-refractivity contribution in [3.63, 3.8) is 0 Å². The fourth-order valence-electron chi connectivity index (χ4n) is 2.71. The monoisotopic (exact) mass is 360 g/mol. The van der Waals surface area contributed by atoms with Crippen LogP contribution in [0.2, 0.25) is 0 Å². The van der Waals surface area contributed by atoms with Crippen LogP contribution in [0.15, 0.2) is 24.3 Å². The van der Waals surface area contributed by atoms with Crippen molar-refractivity contribution in [1.29, 1.82) is 0 Å². The molecule has 1 unspecified atom stereocenters. The molecule has 1 aromatic carbocycles. The summed E-state index contributed by atoms with van der Waals surface area (Å²) in [4.78, 5) is 17.8. The summed E-state index contributed by atoms with van der Waals surface area (Å²) in [6.07, 6.45) is 2.24. The molecule has 1 amide bonds. The SMILES string of the molecule is Cc1nc(C(C)C)sc1C(=O)Nc1ccccc1OCC1CCCO1. The Labute approximate surface area is 152 Å². The Bertz CT molecular complexity index is 736. The Kier molecular flexibility index (Phi) is 5.71. The molecule has 0 radical (unpaired) electrons. The molecule has 1 atom stereocenters. The molecule has 1 aliphatic rings. The Hall–Kier alpha value is -1.92. The van der Waals surface area contributed by atoms with Crippen LogP contribution in [-0.4, -0.2) is 30.2 Å². The van der Waals surface area contributed by atoms with Crippen molar-refractivity contribution in [3.8, 4) is 5.75 Å². The molecule has 1 aromatic heterocycles. The molecule has 1 N–H and O–H groups in total. The second kappa shape index (κ2) is 7.97. The number of para-hydroxylation sites is 2. The topological polar surface area (TPSA) is 60.5 Å². The van der Waals surface area contributed by atoms with Gasteiger partial charge >= 0.3 is 0 Å². The predicted octanol–water partition coefficient (Wildman–Crippen LogP) is 4.39. The van der Waals surface area contributed by atoms with Crippen LogP contribution in [-0.2, 0) is 4.74 Å². The zero-order chi connectivity index (χ0) is 17.8. The lowest BCUT2D eigenvalue weighted by Crippen LogP contribution is -2.18. The van der Waals surface area contributed by atoms with Crippen molar-refractivity contribution in [1.82, 2.24) is 4.98 Å². The summed E-state index contributed by atoms with van der Waals surface area (Å²) >= 11 is 1.45.